The Morgan fingerprint density at radius 2 is 1.81 bits per heavy atom. The lowest BCUT2D eigenvalue weighted by molar-refractivity contribution is -0.118. The fraction of sp³-hybridized carbons (Fsp3) is 0.211. The third kappa shape index (κ3) is 5.01. The number of rotatable bonds is 7. The normalized spacial score (nSPS) is 16.1. The lowest BCUT2D eigenvalue weighted by atomic mass is 10.1. The molecule has 1 saturated heterocycles. The molecule has 1 aliphatic rings. The first kappa shape index (κ1) is 18.8. The number of para-hydroxylation sites is 1. The van der Waals surface area contributed by atoms with Crippen LogP contribution in [0.3, 0.4) is 0 Å². The first-order valence-electron chi connectivity index (χ1n) is 8.38. The van der Waals surface area contributed by atoms with Gasteiger partial charge in [0.05, 0.1) is 11.8 Å². The third-order valence-corrected chi connectivity index (χ3v) is 5.01. The van der Waals surface area contributed by atoms with E-state index in [2.05, 4.69) is 5.32 Å². The number of ether oxygens (including phenoxy) is 1. The van der Waals surface area contributed by atoms with Gasteiger partial charge in [0.2, 0.25) is 5.91 Å². The number of anilines is 1. The van der Waals surface area contributed by atoms with Crippen molar-refractivity contribution < 1.29 is 19.1 Å². The van der Waals surface area contributed by atoms with Crippen LogP contribution in [-0.2, 0) is 11.2 Å². The van der Waals surface area contributed by atoms with Crippen LogP contribution in [0.25, 0.3) is 0 Å². The summed E-state index contributed by atoms with van der Waals surface area (Å²) < 4.78 is 5.68. The summed E-state index contributed by atoms with van der Waals surface area (Å²) in [5.74, 6) is 0.397. The molecular formula is C19H19N3O4S. The van der Waals surface area contributed by atoms with Crippen LogP contribution >= 0.6 is 11.8 Å². The average molecular weight is 385 g/mol. The van der Waals surface area contributed by atoms with E-state index in [0.29, 0.717) is 24.4 Å². The summed E-state index contributed by atoms with van der Waals surface area (Å²) >= 11 is 1.01. The number of nitrogens with zero attached hydrogens (tertiary/aromatic N) is 1. The Morgan fingerprint density at radius 3 is 2.41 bits per heavy atom. The first-order valence-corrected chi connectivity index (χ1v) is 9.26. The van der Waals surface area contributed by atoms with E-state index in [1.54, 1.807) is 12.1 Å². The Hall–Kier alpha value is -3.00. The zero-order valence-corrected chi connectivity index (χ0v) is 15.3. The van der Waals surface area contributed by atoms with E-state index in [1.165, 1.54) is 4.90 Å². The molecule has 7 nitrogen and oxygen atoms in total. The number of amides is 4. The molecule has 8 heteroatoms. The van der Waals surface area contributed by atoms with Crippen LogP contribution in [0.15, 0.2) is 54.6 Å². The topological polar surface area (TPSA) is 102 Å². The number of hydrogen-bond acceptors (Lipinski definition) is 5. The van der Waals surface area contributed by atoms with Gasteiger partial charge in [-0.15, -0.1) is 0 Å². The molecule has 0 saturated carbocycles. The van der Waals surface area contributed by atoms with Crippen molar-refractivity contribution in [1.82, 2.24) is 5.32 Å². The maximum Gasteiger partial charge on any atom is 0.319 e. The van der Waals surface area contributed by atoms with Crippen molar-refractivity contribution >= 4 is 34.6 Å². The predicted molar refractivity (Wildman–Crippen MR) is 104 cm³/mol. The Bertz CT molecular complexity index is 827. The Morgan fingerprint density at radius 1 is 1.11 bits per heavy atom. The Balaban J connectivity index is 1.52. The molecule has 0 aliphatic carbocycles. The lowest BCUT2D eigenvalue weighted by Crippen LogP contribution is -2.38. The van der Waals surface area contributed by atoms with Crippen LogP contribution in [0.5, 0.6) is 5.75 Å². The van der Waals surface area contributed by atoms with Crippen LogP contribution < -0.4 is 20.7 Å². The fourth-order valence-corrected chi connectivity index (χ4v) is 3.55. The van der Waals surface area contributed by atoms with Gasteiger partial charge in [0.1, 0.15) is 12.4 Å². The quantitative estimate of drug-likeness (QED) is 0.763. The molecule has 1 heterocycles. The zero-order chi connectivity index (χ0) is 19.2. The van der Waals surface area contributed by atoms with E-state index < -0.39 is 6.03 Å². The maximum atomic E-state index is 11.6. The van der Waals surface area contributed by atoms with E-state index in [9.17, 15) is 14.4 Å². The van der Waals surface area contributed by atoms with Gasteiger partial charge in [-0.25, -0.2) is 4.79 Å². The van der Waals surface area contributed by atoms with Crippen LogP contribution in [-0.4, -0.2) is 35.6 Å². The van der Waals surface area contributed by atoms with Gasteiger partial charge in [-0.1, -0.05) is 42.1 Å². The van der Waals surface area contributed by atoms with Crippen molar-refractivity contribution in [3.8, 4) is 5.75 Å². The van der Waals surface area contributed by atoms with Gasteiger partial charge in [0.15, 0.2) is 0 Å². The summed E-state index contributed by atoms with van der Waals surface area (Å²) in [6.07, 6.45) is 0.478. The number of nitrogens with two attached hydrogens (primary N) is 1. The number of carbonyl (C=O) groups is 3. The summed E-state index contributed by atoms with van der Waals surface area (Å²) in [4.78, 5) is 35.9. The minimum atomic E-state index is -0.540. The van der Waals surface area contributed by atoms with Crippen molar-refractivity contribution in [3.05, 3.63) is 60.2 Å². The van der Waals surface area contributed by atoms with Crippen LogP contribution in [0, 0.1) is 0 Å². The summed E-state index contributed by atoms with van der Waals surface area (Å²) in [5, 5.41) is 1.58. The number of imide groups is 1. The van der Waals surface area contributed by atoms with Crippen LogP contribution in [0.4, 0.5) is 15.3 Å². The third-order valence-electron chi connectivity index (χ3n) is 4.03. The molecule has 3 N–H and O–H groups in total. The minimum Gasteiger partial charge on any atom is -0.492 e. The number of urea groups is 1. The van der Waals surface area contributed by atoms with Crippen LogP contribution in [0.1, 0.15) is 5.56 Å². The molecule has 2 aromatic rings. The van der Waals surface area contributed by atoms with Crippen LogP contribution in [0.2, 0.25) is 0 Å². The van der Waals surface area contributed by atoms with Crippen molar-refractivity contribution in [2.75, 3.05) is 18.1 Å². The maximum absolute atomic E-state index is 11.6. The van der Waals surface area contributed by atoms with E-state index in [0.717, 1.165) is 17.3 Å². The molecule has 140 valence electrons. The summed E-state index contributed by atoms with van der Waals surface area (Å²) in [7, 11) is 0. The van der Waals surface area contributed by atoms with Crippen molar-refractivity contribution in [2.45, 2.75) is 11.7 Å². The molecule has 1 aliphatic heterocycles. The van der Waals surface area contributed by atoms with Crippen molar-refractivity contribution in [1.29, 1.82) is 0 Å². The molecule has 0 aromatic heterocycles. The lowest BCUT2D eigenvalue weighted by Gasteiger charge is -2.20. The molecule has 27 heavy (non-hydrogen) atoms. The van der Waals surface area contributed by atoms with E-state index in [-0.39, 0.29) is 23.0 Å². The molecule has 0 bridgehead atoms. The second kappa shape index (κ2) is 8.59. The molecule has 3 rings (SSSR count). The number of primary amides is 1. The highest BCUT2D eigenvalue weighted by Gasteiger charge is 2.31. The van der Waals surface area contributed by atoms with Gasteiger partial charge in [0.25, 0.3) is 5.24 Å². The predicted octanol–water partition coefficient (Wildman–Crippen LogP) is 2.54. The second-order valence-electron chi connectivity index (χ2n) is 5.91. The fourth-order valence-electron chi connectivity index (χ4n) is 2.69. The van der Waals surface area contributed by atoms with Gasteiger partial charge < -0.3 is 10.5 Å². The molecule has 1 fully saturated rings. The largest absolute Gasteiger partial charge is 0.492 e. The Kier molecular flexibility index (Phi) is 5.97. The molecule has 4 amide bonds. The average Bonchev–Trinajstić information content (AvgIpc) is 2.97. The number of nitrogens with one attached hydrogen (secondary N) is 1. The molecule has 2 aromatic carbocycles. The van der Waals surface area contributed by atoms with Gasteiger partial charge in [0, 0.05) is 5.69 Å². The number of benzene rings is 2. The minimum absolute atomic E-state index is 0.252. The molecular weight excluding hydrogens is 366 g/mol. The van der Waals surface area contributed by atoms with Gasteiger partial charge >= 0.3 is 6.03 Å². The second-order valence-corrected chi connectivity index (χ2v) is 7.08. The standard InChI is InChI=1S/C19H19N3O4S/c20-18(24)22(14-4-2-1-3-5-14)10-11-26-15-8-6-13(7-9-15)12-16-17(23)21-19(25)27-16/h1-9,16H,10-12H2,(H2,20,24)(H,21,23,25). The van der Waals surface area contributed by atoms with Crippen molar-refractivity contribution in [2.24, 2.45) is 5.73 Å². The number of thioether (sulfide) groups is 1. The zero-order valence-electron chi connectivity index (χ0n) is 14.5. The van der Waals surface area contributed by atoms with Gasteiger partial charge in [-0.3, -0.25) is 19.8 Å². The highest BCUT2D eigenvalue weighted by Crippen LogP contribution is 2.24. The highest BCUT2D eigenvalue weighted by atomic mass is 32.2. The molecule has 1 unspecified atom stereocenters. The molecule has 0 spiro atoms. The monoisotopic (exact) mass is 385 g/mol. The molecule has 0 radical (unpaired) electrons. The summed E-state index contributed by atoms with van der Waals surface area (Å²) in [6, 6.07) is 15.9. The molecule has 1 atom stereocenters. The first-order chi connectivity index (χ1) is 13.0. The van der Waals surface area contributed by atoms with Gasteiger partial charge in [-0.2, -0.15) is 0 Å². The van der Waals surface area contributed by atoms with Gasteiger partial charge in [-0.05, 0) is 36.2 Å². The van der Waals surface area contributed by atoms with E-state index in [4.69, 9.17) is 10.5 Å². The Labute approximate surface area is 160 Å². The number of hydrogen-bond donors (Lipinski definition) is 2. The smallest absolute Gasteiger partial charge is 0.319 e. The summed E-state index contributed by atoms with van der Waals surface area (Å²) in [6.45, 7) is 0.606. The summed E-state index contributed by atoms with van der Waals surface area (Å²) in [5.41, 5.74) is 7.09. The number of carbonyl (C=O) groups excluding carboxylic acids is 3. The van der Waals surface area contributed by atoms with E-state index >= 15 is 0 Å². The SMILES string of the molecule is NC(=O)N(CCOc1ccc(CC2SC(=O)NC2=O)cc1)c1ccccc1. The highest BCUT2D eigenvalue weighted by molar-refractivity contribution is 8.15. The van der Waals surface area contributed by atoms with Crippen molar-refractivity contribution in [3.63, 3.8) is 0 Å². The van der Waals surface area contributed by atoms with E-state index in [1.807, 2.05) is 42.5 Å².